The number of nitrogens with one attached hydrogen (secondary N) is 1. The lowest BCUT2D eigenvalue weighted by Crippen LogP contribution is -2.18. The van der Waals surface area contributed by atoms with Gasteiger partial charge in [-0.05, 0) is 43.0 Å². The summed E-state index contributed by atoms with van der Waals surface area (Å²) in [6, 6.07) is 6.94. The molecule has 1 aliphatic rings. The number of nitrogens with zero attached hydrogens (tertiary/aromatic N) is 5. The van der Waals surface area contributed by atoms with Crippen LogP contribution in [0.25, 0.3) is 16.9 Å². The molecule has 1 saturated carbocycles. The molecule has 1 aromatic carbocycles. The van der Waals surface area contributed by atoms with Gasteiger partial charge in [0.05, 0.1) is 31.6 Å². The summed E-state index contributed by atoms with van der Waals surface area (Å²) in [6.07, 6.45) is 8.05. The summed E-state index contributed by atoms with van der Waals surface area (Å²) >= 11 is 6.23. The molecule has 1 fully saturated rings. The number of aromatic nitrogens is 5. The lowest BCUT2D eigenvalue weighted by Gasteiger charge is -2.10. The predicted molar refractivity (Wildman–Crippen MR) is 119 cm³/mol. The normalized spacial score (nSPS) is 14.5. The molecule has 5 rings (SSSR count). The highest BCUT2D eigenvalue weighted by Crippen LogP contribution is 2.37. The van der Waals surface area contributed by atoms with E-state index in [9.17, 15) is 9.90 Å². The van der Waals surface area contributed by atoms with E-state index in [0.717, 1.165) is 12.8 Å². The van der Waals surface area contributed by atoms with Crippen molar-refractivity contribution in [2.24, 2.45) is 5.92 Å². The standard InChI is InChI=1S/C22H21ClN6O3/c1-32-19-6-5-14(23)9-15(19)20-17(11-28(27-20)12-18(30)13-3-4-13)26-22(31)16-10-25-29-8-2-7-24-21(16)29/h2,5-11,13,18,30H,3-4,12H2,1H3,(H,26,31). The van der Waals surface area contributed by atoms with Gasteiger partial charge in [-0.3, -0.25) is 9.48 Å². The van der Waals surface area contributed by atoms with E-state index < -0.39 is 6.10 Å². The van der Waals surface area contributed by atoms with Crippen LogP contribution in [-0.4, -0.2) is 48.6 Å². The fourth-order valence-corrected chi connectivity index (χ4v) is 3.84. The fraction of sp³-hybridized carbons (Fsp3) is 0.273. The molecule has 3 heterocycles. The van der Waals surface area contributed by atoms with Crippen molar-refractivity contribution in [3.63, 3.8) is 0 Å². The minimum atomic E-state index is -0.489. The predicted octanol–water partition coefficient (Wildman–Crippen LogP) is 3.28. The van der Waals surface area contributed by atoms with Crippen molar-refractivity contribution in [2.75, 3.05) is 12.4 Å². The zero-order valence-corrected chi connectivity index (χ0v) is 18.0. The monoisotopic (exact) mass is 452 g/mol. The quantitative estimate of drug-likeness (QED) is 0.445. The maximum Gasteiger partial charge on any atom is 0.261 e. The van der Waals surface area contributed by atoms with E-state index in [1.54, 1.807) is 54.6 Å². The first-order chi connectivity index (χ1) is 15.5. The maximum atomic E-state index is 13.1. The maximum absolute atomic E-state index is 13.1. The molecule has 0 saturated heterocycles. The van der Waals surface area contributed by atoms with Crippen LogP contribution in [0, 0.1) is 5.92 Å². The number of anilines is 1. The zero-order chi connectivity index (χ0) is 22.2. The van der Waals surface area contributed by atoms with Crippen LogP contribution in [0.5, 0.6) is 5.75 Å². The Labute approximate surface area is 188 Å². The van der Waals surface area contributed by atoms with Gasteiger partial charge in [-0.25, -0.2) is 9.50 Å². The van der Waals surface area contributed by atoms with Gasteiger partial charge < -0.3 is 15.2 Å². The first kappa shape index (κ1) is 20.5. The topological polar surface area (TPSA) is 107 Å². The second kappa shape index (κ2) is 8.25. The summed E-state index contributed by atoms with van der Waals surface area (Å²) < 4.78 is 8.66. The summed E-state index contributed by atoms with van der Waals surface area (Å²) in [5.41, 5.74) is 2.37. The van der Waals surface area contributed by atoms with Gasteiger partial charge in [0.25, 0.3) is 5.91 Å². The Kier molecular flexibility index (Phi) is 5.28. The SMILES string of the molecule is COc1ccc(Cl)cc1-c1nn(CC(O)C2CC2)cc1NC(=O)c1cnn2cccnc12. The van der Waals surface area contributed by atoms with Crippen molar-refractivity contribution >= 4 is 28.8 Å². The van der Waals surface area contributed by atoms with E-state index in [1.807, 2.05) is 0 Å². The second-order valence-electron chi connectivity index (χ2n) is 7.76. The summed E-state index contributed by atoms with van der Waals surface area (Å²) in [7, 11) is 1.56. The van der Waals surface area contributed by atoms with Crippen molar-refractivity contribution in [3.05, 3.63) is 59.6 Å². The Morgan fingerprint density at radius 2 is 2.25 bits per heavy atom. The van der Waals surface area contributed by atoms with Crippen LogP contribution in [0.3, 0.4) is 0 Å². The van der Waals surface area contributed by atoms with Crippen molar-refractivity contribution < 1.29 is 14.6 Å². The van der Waals surface area contributed by atoms with Gasteiger partial charge >= 0.3 is 0 Å². The van der Waals surface area contributed by atoms with Gasteiger partial charge in [-0.2, -0.15) is 10.2 Å². The lowest BCUT2D eigenvalue weighted by molar-refractivity contribution is 0.102. The number of benzene rings is 1. The van der Waals surface area contributed by atoms with Crippen LogP contribution in [0.1, 0.15) is 23.2 Å². The minimum absolute atomic E-state index is 0.297. The van der Waals surface area contributed by atoms with Crippen LogP contribution in [0.15, 0.2) is 49.1 Å². The number of carbonyl (C=O) groups is 1. The number of methoxy groups -OCH3 is 1. The van der Waals surface area contributed by atoms with Gasteiger partial charge in [0, 0.05) is 29.2 Å². The molecule has 0 aliphatic heterocycles. The highest BCUT2D eigenvalue weighted by atomic mass is 35.5. The molecule has 1 atom stereocenters. The lowest BCUT2D eigenvalue weighted by atomic mass is 10.1. The van der Waals surface area contributed by atoms with Gasteiger partial charge in [0.2, 0.25) is 0 Å². The van der Waals surface area contributed by atoms with Crippen LogP contribution in [0.2, 0.25) is 5.02 Å². The molecule has 4 aromatic rings. The highest BCUT2D eigenvalue weighted by Gasteiger charge is 2.30. The number of rotatable bonds is 7. The van der Waals surface area contributed by atoms with Crippen LogP contribution < -0.4 is 10.1 Å². The van der Waals surface area contributed by atoms with Gasteiger partial charge in [-0.15, -0.1) is 0 Å². The summed E-state index contributed by atoms with van der Waals surface area (Å²) in [5.74, 6) is 0.491. The van der Waals surface area contributed by atoms with E-state index in [2.05, 4.69) is 20.5 Å². The molecule has 1 aliphatic carbocycles. The van der Waals surface area contributed by atoms with Crippen LogP contribution >= 0.6 is 11.6 Å². The number of fused-ring (bicyclic) bond motifs is 1. The molecule has 32 heavy (non-hydrogen) atoms. The third kappa shape index (κ3) is 3.92. The van der Waals surface area contributed by atoms with E-state index in [0.29, 0.717) is 51.4 Å². The van der Waals surface area contributed by atoms with Gasteiger partial charge in [-0.1, -0.05) is 11.6 Å². The molecular weight excluding hydrogens is 432 g/mol. The number of ether oxygens (including phenoxy) is 1. The first-order valence-corrected chi connectivity index (χ1v) is 10.6. The number of aliphatic hydroxyl groups is 1. The molecule has 164 valence electrons. The van der Waals surface area contributed by atoms with Crippen LogP contribution in [-0.2, 0) is 6.54 Å². The minimum Gasteiger partial charge on any atom is -0.496 e. The number of hydrogen-bond acceptors (Lipinski definition) is 6. The van der Waals surface area contributed by atoms with E-state index in [4.69, 9.17) is 16.3 Å². The average molecular weight is 453 g/mol. The Morgan fingerprint density at radius 1 is 1.41 bits per heavy atom. The summed E-state index contributed by atoms with van der Waals surface area (Å²) in [6.45, 7) is 0.328. The van der Waals surface area contributed by atoms with Crippen molar-refractivity contribution in [3.8, 4) is 17.0 Å². The number of hydrogen-bond donors (Lipinski definition) is 2. The van der Waals surface area contributed by atoms with Crippen molar-refractivity contribution in [2.45, 2.75) is 25.5 Å². The largest absolute Gasteiger partial charge is 0.496 e. The Morgan fingerprint density at radius 3 is 3.03 bits per heavy atom. The Hall–Kier alpha value is -3.43. The third-order valence-corrected chi connectivity index (χ3v) is 5.73. The molecule has 0 bridgehead atoms. The molecule has 1 unspecified atom stereocenters. The Bertz CT molecular complexity index is 1300. The third-order valence-electron chi connectivity index (χ3n) is 5.49. The number of halogens is 1. The Balaban J connectivity index is 1.53. The van der Waals surface area contributed by atoms with Gasteiger partial charge in [0.15, 0.2) is 5.65 Å². The summed E-state index contributed by atoms with van der Waals surface area (Å²) in [5, 5.41) is 22.6. The number of amides is 1. The highest BCUT2D eigenvalue weighted by molar-refractivity contribution is 6.31. The van der Waals surface area contributed by atoms with E-state index in [1.165, 1.54) is 10.7 Å². The fourth-order valence-electron chi connectivity index (χ4n) is 3.67. The molecule has 0 radical (unpaired) electrons. The molecule has 10 heteroatoms. The number of aliphatic hydroxyl groups excluding tert-OH is 1. The van der Waals surface area contributed by atoms with E-state index in [-0.39, 0.29) is 5.91 Å². The van der Waals surface area contributed by atoms with E-state index >= 15 is 0 Å². The summed E-state index contributed by atoms with van der Waals surface area (Å²) in [4.78, 5) is 17.3. The molecule has 2 N–H and O–H groups in total. The van der Waals surface area contributed by atoms with Crippen LogP contribution in [0.4, 0.5) is 5.69 Å². The average Bonchev–Trinajstić information content (AvgIpc) is 3.44. The first-order valence-electron chi connectivity index (χ1n) is 10.2. The zero-order valence-electron chi connectivity index (χ0n) is 17.3. The van der Waals surface area contributed by atoms with Gasteiger partial charge in [0.1, 0.15) is 17.0 Å². The smallest absolute Gasteiger partial charge is 0.261 e. The van der Waals surface area contributed by atoms with Crippen molar-refractivity contribution in [1.82, 2.24) is 24.4 Å². The molecule has 9 nitrogen and oxygen atoms in total. The van der Waals surface area contributed by atoms with Crippen molar-refractivity contribution in [1.29, 1.82) is 0 Å². The molecular formula is C22H21ClN6O3. The molecule has 0 spiro atoms. The molecule has 3 aromatic heterocycles. The number of carbonyl (C=O) groups excluding carboxylic acids is 1. The molecule has 1 amide bonds. The second-order valence-corrected chi connectivity index (χ2v) is 8.20.